The summed E-state index contributed by atoms with van der Waals surface area (Å²) >= 11 is 0. The lowest BCUT2D eigenvalue weighted by molar-refractivity contribution is -0.145. The van der Waals surface area contributed by atoms with Gasteiger partial charge in [0, 0.05) is 59.4 Å². The third kappa shape index (κ3) is 6.53. The zero-order valence-electron chi connectivity index (χ0n) is 16.9. The quantitative estimate of drug-likeness (QED) is 0.272. The Balaban J connectivity index is 0.00000338. The molecule has 7 nitrogen and oxygen atoms in total. The van der Waals surface area contributed by atoms with E-state index in [2.05, 4.69) is 45.9 Å². The average molecular weight is 481 g/mol. The molecule has 1 N–H and O–H groups in total. The number of esters is 1. The summed E-state index contributed by atoms with van der Waals surface area (Å²) in [6, 6.07) is 0. The van der Waals surface area contributed by atoms with Crippen LogP contribution in [-0.4, -0.2) is 100 Å². The number of ether oxygens (including phenoxy) is 1. The maximum Gasteiger partial charge on any atom is 0.310 e. The van der Waals surface area contributed by atoms with Crippen molar-refractivity contribution in [3.05, 3.63) is 0 Å². The standard InChI is InChI=1S/C18H35N5O2.HI/c1-14(11-22-8-6-21(4)7-9-22)10-20-18(19-3)23-12-15(2)16(13-23)17(24)25-5;/h14-16H,6-13H2,1-5H3,(H,19,20);1H. The zero-order chi connectivity index (χ0) is 18.4. The number of carbonyl (C=O) groups excluding carboxylic acids is 1. The maximum absolute atomic E-state index is 11.9. The first kappa shape index (κ1) is 23.4. The molecule has 0 radical (unpaired) electrons. The van der Waals surface area contributed by atoms with E-state index in [4.69, 9.17) is 4.74 Å². The zero-order valence-corrected chi connectivity index (χ0v) is 19.2. The molecule has 2 aliphatic heterocycles. The lowest BCUT2D eigenvalue weighted by atomic mass is 9.99. The van der Waals surface area contributed by atoms with E-state index in [1.807, 2.05) is 7.05 Å². The van der Waals surface area contributed by atoms with Crippen LogP contribution in [0, 0.1) is 17.8 Å². The SMILES string of the molecule is CN=C(NCC(C)CN1CCN(C)CC1)N1CC(C)C(C(=O)OC)C1.I. The molecule has 152 valence electrons. The molecule has 0 spiro atoms. The summed E-state index contributed by atoms with van der Waals surface area (Å²) in [7, 11) is 5.46. The smallest absolute Gasteiger partial charge is 0.310 e. The largest absolute Gasteiger partial charge is 0.469 e. The molecule has 3 unspecified atom stereocenters. The highest BCUT2D eigenvalue weighted by Crippen LogP contribution is 2.24. The van der Waals surface area contributed by atoms with Crippen molar-refractivity contribution in [3.63, 3.8) is 0 Å². The Bertz CT molecular complexity index is 468. The minimum Gasteiger partial charge on any atom is -0.469 e. The number of aliphatic imine (C=N–C) groups is 1. The predicted molar refractivity (Wildman–Crippen MR) is 116 cm³/mol. The lowest BCUT2D eigenvalue weighted by Crippen LogP contribution is -2.48. The van der Waals surface area contributed by atoms with Crippen LogP contribution in [0.25, 0.3) is 0 Å². The number of rotatable bonds is 5. The summed E-state index contributed by atoms with van der Waals surface area (Å²) in [6.45, 7) is 12.5. The summed E-state index contributed by atoms with van der Waals surface area (Å²) in [4.78, 5) is 23.4. The highest BCUT2D eigenvalue weighted by molar-refractivity contribution is 14.0. The number of hydrogen-bond acceptors (Lipinski definition) is 5. The number of guanidine groups is 1. The van der Waals surface area contributed by atoms with Crippen molar-refractivity contribution in [3.8, 4) is 0 Å². The molecular formula is C18H36IN5O2. The summed E-state index contributed by atoms with van der Waals surface area (Å²) in [5, 5.41) is 3.49. The van der Waals surface area contributed by atoms with Gasteiger partial charge in [-0.3, -0.25) is 9.79 Å². The average Bonchev–Trinajstić information content (AvgIpc) is 2.98. The Morgan fingerprint density at radius 3 is 2.50 bits per heavy atom. The number of nitrogens with zero attached hydrogens (tertiary/aromatic N) is 4. The van der Waals surface area contributed by atoms with Crippen LogP contribution in [0.3, 0.4) is 0 Å². The van der Waals surface area contributed by atoms with Crippen LogP contribution in [0.4, 0.5) is 0 Å². The topological polar surface area (TPSA) is 60.4 Å². The number of nitrogens with one attached hydrogen (secondary N) is 1. The number of likely N-dealkylation sites (N-methyl/N-ethyl adjacent to an activating group) is 1. The second-order valence-corrected chi connectivity index (χ2v) is 7.65. The normalized spacial score (nSPS) is 26.3. The van der Waals surface area contributed by atoms with Gasteiger partial charge in [-0.2, -0.15) is 0 Å². The van der Waals surface area contributed by atoms with Crippen LogP contribution in [-0.2, 0) is 9.53 Å². The molecule has 0 bridgehead atoms. The van der Waals surface area contributed by atoms with E-state index >= 15 is 0 Å². The van der Waals surface area contributed by atoms with Crippen molar-refractivity contribution in [2.75, 3.05) is 73.6 Å². The maximum atomic E-state index is 11.9. The van der Waals surface area contributed by atoms with Gasteiger partial charge in [0.05, 0.1) is 13.0 Å². The second kappa shape index (κ2) is 11.3. The molecule has 2 rings (SSSR count). The summed E-state index contributed by atoms with van der Waals surface area (Å²) in [5.74, 6) is 1.55. The molecule has 0 saturated carbocycles. The van der Waals surface area contributed by atoms with Gasteiger partial charge in [0.2, 0.25) is 0 Å². The number of carbonyl (C=O) groups is 1. The molecule has 8 heteroatoms. The molecule has 0 amide bonds. The van der Waals surface area contributed by atoms with Crippen LogP contribution < -0.4 is 5.32 Å². The highest BCUT2D eigenvalue weighted by Gasteiger charge is 2.36. The fraction of sp³-hybridized carbons (Fsp3) is 0.889. The number of hydrogen-bond donors (Lipinski definition) is 1. The van der Waals surface area contributed by atoms with Crippen LogP contribution >= 0.6 is 24.0 Å². The molecule has 0 aliphatic carbocycles. The minimum atomic E-state index is -0.117. The van der Waals surface area contributed by atoms with Crippen LogP contribution in [0.1, 0.15) is 13.8 Å². The Labute approximate surface area is 175 Å². The Morgan fingerprint density at radius 2 is 1.92 bits per heavy atom. The number of halogens is 1. The molecule has 2 heterocycles. The predicted octanol–water partition coefficient (Wildman–Crippen LogP) is 0.804. The summed E-state index contributed by atoms with van der Waals surface area (Å²) in [6.07, 6.45) is 0. The summed E-state index contributed by atoms with van der Waals surface area (Å²) < 4.78 is 4.92. The van der Waals surface area contributed by atoms with Crippen molar-refractivity contribution >= 4 is 35.9 Å². The van der Waals surface area contributed by atoms with Crippen molar-refractivity contribution in [1.29, 1.82) is 0 Å². The third-order valence-electron chi connectivity index (χ3n) is 5.40. The van der Waals surface area contributed by atoms with E-state index in [0.29, 0.717) is 12.5 Å². The van der Waals surface area contributed by atoms with E-state index in [1.54, 1.807) is 0 Å². The molecule has 3 atom stereocenters. The van der Waals surface area contributed by atoms with Crippen LogP contribution in [0.5, 0.6) is 0 Å². The van der Waals surface area contributed by atoms with Gasteiger partial charge >= 0.3 is 5.97 Å². The first-order valence-corrected chi connectivity index (χ1v) is 9.38. The Hall–Kier alpha value is -0.610. The van der Waals surface area contributed by atoms with E-state index < -0.39 is 0 Å². The summed E-state index contributed by atoms with van der Waals surface area (Å²) in [5.41, 5.74) is 0. The van der Waals surface area contributed by atoms with Crippen molar-refractivity contribution in [2.45, 2.75) is 13.8 Å². The van der Waals surface area contributed by atoms with Crippen molar-refractivity contribution in [2.24, 2.45) is 22.7 Å². The molecular weight excluding hydrogens is 445 g/mol. The Morgan fingerprint density at radius 1 is 1.27 bits per heavy atom. The van der Waals surface area contributed by atoms with Gasteiger partial charge in [0.25, 0.3) is 0 Å². The number of piperazine rings is 1. The number of likely N-dealkylation sites (tertiary alicyclic amines) is 1. The van der Waals surface area contributed by atoms with Gasteiger partial charge in [-0.15, -0.1) is 24.0 Å². The molecule has 0 aromatic carbocycles. The number of methoxy groups -OCH3 is 1. The monoisotopic (exact) mass is 481 g/mol. The lowest BCUT2D eigenvalue weighted by Gasteiger charge is -2.34. The van der Waals surface area contributed by atoms with Gasteiger partial charge in [0.15, 0.2) is 5.96 Å². The Kier molecular flexibility index (Phi) is 10.2. The van der Waals surface area contributed by atoms with Gasteiger partial charge in [-0.1, -0.05) is 13.8 Å². The van der Waals surface area contributed by atoms with Crippen molar-refractivity contribution < 1.29 is 9.53 Å². The fourth-order valence-electron chi connectivity index (χ4n) is 3.73. The first-order chi connectivity index (χ1) is 11.9. The van der Waals surface area contributed by atoms with E-state index in [1.165, 1.54) is 7.11 Å². The molecule has 2 saturated heterocycles. The van der Waals surface area contributed by atoms with Gasteiger partial charge < -0.3 is 24.8 Å². The minimum absolute atomic E-state index is 0. The van der Waals surface area contributed by atoms with Gasteiger partial charge in [-0.05, 0) is 18.9 Å². The van der Waals surface area contributed by atoms with Gasteiger partial charge in [-0.25, -0.2) is 0 Å². The molecule has 0 aromatic heterocycles. The highest BCUT2D eigenvalue weighted by atomic mass is 127. The van der Waals surface area contributed by atoms with Crippen LogP contribution in [0.15, 0.2) is 4.99 Å². The molecule has 0 aromatic rings. The van der Waals surface area contributed by atoms with E-state index in [9.17, 15) is 4.79 Å². The van der Waals surface area contributed by atoms with Gasteiger partial charge in [0.1, 0.15) is 0 Å². The fourth-order valence-corrected chi connectivity index (χ4v) is 3.73. The first-order valence-electron chi connectivity index (χ1n) is 9.38. The second-order valence-electron chi connectivity index (χ2n) is 7.65. The third-order valence-corrected chi connectivity index (χ3v) is 5.40. The molecule has 2 aliphatic rings. The molecule has 26 heavy (non-hydrogen) atoms. The molecule has 2 fully saturated rings. The van der Waals surface area contributed by atoms with Crippen LogP contribution in [0.2, 0.25) is 0 Å². The van der Waals surface area contributed by atoms with E-state index in [0.717, 1.165) is 51.8 Å². The van der Waals surface area contributed by atoms with E-state index in [-0.39, 0.29) is 41.8 Å². The van der Waals surface area contributed by atoms with Crippen molar-refractivity contribution in [1.82, 2.24) is 20.0 Å².